The number of nitrogens with zero attached hydrogens (tertiary/aromatic N) is 7. The SMILES string of the molecule is Nc1nc(/C(=N/OC2CCCC2)C(=O)NC2C(=O)N3C(C(=O)O)=C(CSc4nnn[nH]4)CS[C@H]23)ns1. The normalized spacial score (nSPS) is 22.4. The van der Waals surface area contributed by atoms with Gasteiger partial charge in [-0.2, -0.15) is 9.36 Å². The molecule has 1 saturated heterocycles. The summed E-state index contributed by atoms with van der Waals surface area (Å²) in [5.41, 5.74) is 5.94. The van der Waals surface area contributed by atoms with Crippen LogP contribution in [0.15, 0.2) is 21.6 Å². The molecule has 4 heterocycles. The van der Waals surface area contributed by atoms with Crippen LogP contribution in [0.5, 0.6) is 0 Å². The number of aliphatic carboxylic acids is 1. The highest BCUT2D eigenvalue weighted by Crippen LogP contribution is 2.41. The zero-order chi connectivity index (χ0) is 25.2. The standard InChI is InChI=1S/C18H20N10O5S3/c19-17-21-12(25-36-17)9(24-33-8-3-1-2-4-8)13(29)20-10-14(30)28-11(16(31)32)7(5-34-15(10)28)6-35-18-22-26-27-23-18/h8,10,15H,1-6H2,(H,20,29)(H,31,32)(H2,19,21,25)(H,22,23,26,27)/b24-9-/t10?,15-/m1/s1. The number of nitrogens with two attached hydrogens (primary N) is 1. The zero-order valence-electron chi connectivity index (χ0n) is 18.5. The number of fused-ring (bicyclic) bond motifs is 1. The van der Waals surface area contributed by atoms with E-state index in [2.05, 4.69) is 40.5 Å². The molecule has 1 unspecified atom stereocenters. The highest BCUT2D eigenvalue weighted by Gasteiger charge is 2.54. The number of rotatable bonds is 9. The number of carbonyl (C=O) groups excluding carboxylic acids is 2. The van der Waals surface area contributed by atoms with E-state index in [1.807, 2.05) is 0 Å². The quantitative estimate of drug-likeness (QED) is 0.138. The van der Waals surface area contributed by atoms with E-state index < -0.39 is 29.2 Å². The van der Waals surface area contributed by atoms with E-state index in [-0.39, 0.29) is 34.2 Å². The first kappa shape index (κ1) is 24.4. The number of carboxylic acid groups (broad SMARTS) is 1. The molecule has 36 heavy (non-hydrogen) atoms. The minimum absolute atomic E-state index is 0.000241. The molecule has 15 nitrogen and oxygen atoms in total. The van der Waals surface area contributed by atoms with Crippen molar-refractivity contribution in [2.75, 3.05) is 17.2 Å². The summed E-state index contributed by atoms with van der Waals surface area (Å²) >= 11 is 3.49. The number of H-pyrrole nitrogens is 1. The molecule has 2 aliphatic heterocycles. The van der Waals surface area contributed by atoms with Crippen LogP contribution >= 0.6 is 35.1 Å². The number of hydrogen-bond donors (Lipinski definition) is 4. The van der Waals surface area contributed by atoms with E-state index >= 15 is 0 Å². The largest absolute Gasteiger partial charge is 0.477 e. The zero-order valence-corrected chi connectivity index (χ0v) is 20.9. The molecular weight excluding hydrogens is 532 g/mol. The Morgan fingerprint density at radius 3 is 2.83 bits per heavy atom. The lowest BCUT2D eigenvalue weighted by Crippen LogP contribution is -2.71. The smallest absolute Gasteiger partial charge is 0.352 e. The van der Waals surface area contributed by atoms with E-state index in [9.17, 15) is 19.5 Å². The molecule has 0 spiro atoms. The molecule has 5 N–H and O–H groups in total. The number of carbonyl (C=O) groups is 3. The van der Waals surface area contributed by atoms with E-state index in [0.717, 1.165) is 37.2 Å². The lowest BCUT2D eigenvalue weighted by molar-refractivity contribution is -0.150. The molecule has 18 heteroatoms. The summed E-state index contributed by atoms with van der Waals surface area (Å²) < 4.78 is 4.05. The van der Waals surface area contributed by atoms with Gasteiger partial charge in [-0.25, -0.2) is 9.89 Å². The second-order valence-electron chi connectivity index (χ2n) is 8.02. The van der Waals surface area contributed by atoms with Crippen LogP contribution in [0, 0.1) is 0 Å². The lowest BCUT2D eigenvalue weighted by atomic mass is 10.0. The fourth-order valence-corrected chi connectivity index (χ4v) is 6.67. The first-order valence-electron chi connectivity index (χ1n) is 10.8. The van der Waals surface area contributed by atoms with Crippen molar-refractivity contribution in [1.29, 1.82) is 0 Å². The highest BCUT2D eigenvalue weighted by molar-refractivity contribution is 8.01. The Balaban J connectivity index is 1.30. The summed E-state index contributed by atoms with van der Waals surface area (Å²) in [6.45, 7) is 0. The third-order valence-electron chi connectivity index (χ3n) is 5.71. The number of anilines is 1. The summed E-state index contributed by atoms with van der Waals surface area (Å²) in [7, 11) is 0. The summed E-state index contributed by atoms with van der Waals surface area (Å²) in [4.78, 5) is 48.9. The Kier molecular flexibility index (Phi) is 7.06. The van der Waals surface area contributed by atoms with E-state index in [4.69, 9.17) is 10.6 Å². The number of hydrogen-bond acceptors (Lipinski definition) is 14. The average molecular weight is 553 g/mol. The number of aromatic amines is 1. The second kappa shape index (κ2) is 10.4. The molecule has 0 bridgehead atoms. The van der Waals surface area contributed by atoms with Gasteiger partial charge in [-0.05, 0) is 41.7 Å². The monoisotopic (exact) mass is 552 g/mol. The number of aromatic nitrogens is 6. The van der Waals surface area contributed by atoms with Crippen molar-refractivity contribution in [2.24, 2.45) is 5.16 Å². The average Bonchev–Trinajstić information content (AvgIpc) is 3.64. The summed E-state index contributed by atoms with van der Waals surface area (Å²) in [5, 5.41) is 29.8. The predicted molar refractivity (Wildman–Crippen MR) is 129 cm³/mol. The molecule has 190 valence electrons. The predicted octanol–water partition coefficient (Wildman–Crippen LogP) is -0.172. The Labute approximate surface area is 215 Å². The molecule has 2 amide bonds. The Morgan fingerprint density at radius 2 is 2.17 bits per heavy atom. The van der Waals surface area contributed by atoms with Crippen LogP contribution in [-0.4, -0.2) is 92.5 Å². The van der Waals surface area contributed by atoms with Gasteiger partial charge < -0.3 is 21.0 Å². The Hall–Kier alpha value is -3.25. The van der Waals surface area contributed by atoms with Crippen LogP contribution in [-0.2, 0) is 19.2 Å². The molecular formula is C18H20N10O5S3. The molecule has 2 fully saturated rings. The van der Waals surface area contributed by atoms with Gasteiger partial charge in [-0.1, -0.05) is 16.9 Å². The van der Waals surface area contributed by atoms with Crippen molar-refractivity contribution < 1.29 is 24.3 Å². The maximum atomic E-state index is 13.1. The van der Waals surface area contributed by atoms with Crippen molar-refractivity contribution in [1.82, 2.24) is 40.2 Å². The minimum atomic E-state index is -1.22. The van der Waals surface area contributed by atoms with Crippen LogP contribution in [0.25, 0.3) is 0 Å². The number of nitrogen functional groups attached to an aromatic ring is 1. The van der Waals surface area contributed by atoms with Gasteiger partial charge in [0.1, 0.15) is 23.2 Å². The Bertz CT molecular complexity index is 1230. The molecule has 3 aliphatic rings. The molecule has 1 saturated carbocycles. The molecule has 2 aromatic rings. The van der Waals surface area contributed by atoms with Gasteiger partial charge in [-0.3, -0.25) is 14.5 Å². The first-order valence-corrected chi connectivity index (χ1v) is 13.6. The number of amides is 2. The number of β-lactam (4-membered cyclic amide) rings is 1. The molecule has 0 radical (unpaired) electrons. The van der Waals surface area contributed by atoms with Crippen molar-refractivity contribution in [2.45, 2.75) is 48.4 Å². The van der Waals surface area contributed by atoms with E-state index in [1.165, 1.54) is 28.4 Å². The van der Waals surface area contributed by atoms with Crippen LogP contribution in [0.1, 0.15) is 31.5 Å². The van der Waals surface area contributed by atoms with Gasteiger partial charge in [0.2, 0.25) is 16.7 Å². The number of nitrogens with one attached hydrogen (secondary N) is 2. The fourth-order valence-electron chi connectivity index (χ4n) is 4.01. The minimum Gasteiger partial charge on any atom is -0.477 e. The maximum absolute atomic E-state index is 13.1. The third kappa shape index (κ3) is 4.87. The van der Waals surface area contributed by atoms with Crippen LogP contribution < -0.4 is 11.1 Å². The third-order valence-corrected chi connectivity index (χ3v) is 8.53. The number of tetrazole rings is 1. The number of thioether (sulfide) groups is 2. The van der Waals surface area contributed by atoms with Crippen LogP contribution in [0.4, 0.5) is 5.13 Å². The molecule has 2 aromatic heterocycles. The summed E-state index contributed by atoms with van der Waals surface area (Å²) in [6.07, 6.45) is 3.59. The van der Waals surface area contributed by atoms with Crippen molar-refractivity contribution >= 4 is 63.7 Å². The number of oxime groups is 1. The summed E-state index contributed by atoms with van der Waals surface area (Å²) in [6, 6.07) is -0.947. The van der Waals surface area contributed by atoms with Gasteiger partial charge in [0.15, 0.2) is 5.13 Å². The van der Waals surface area contributed by atoms with E-state index in [0.29, 0.717) is 16.5 Å². The van der Waals surface area contributed by atoms with Gasteiger partial charge in [0, 0.05) is 23.0 Å². The molecule has 2 atom stereocenters. The van der Waals surface area contributed by atoms with Gasteiger partial charge in [-0.15, -0.1) is 16.9 Å². The van der Waals surface area contributed by atoms with E-state index in [1.54, 1.807) is 0 Å². The Morgan fingerprint density at radius 1 is 1.36 bits per heavy atom. The second-order valence-corrected chi connectivity index (χ2v) is 10.9. The summed E-state index contributed by atoms with van der Waals surface area (Å²) in [5.74, 6) is -1.83. The van der Waals surface area contributed by atoms with Crippen molar-refractivity contribution in [3.8, 4) is 0 Å². The van der Waals surface area contributed by atoms with Crippen LogP contribution in [0.2, 0.25) is 0 Å². The first-order chi connectivity index (χ1) is 17.4. The lowest BCUT2D eigenvalue weighted by Gasteiger charge is -2.49. The maximum Gasteiger partial charge on any atom is 0.352 e. The number of carboxylic acids is 1. The van der Waals surface area contributed by atoms with Crippen molar-refractivity contribution in [3.05, 3.63) is 17.1 Å². The topological polar surface area (TPSA) is 215 Å². The van der Waals surface area contributed by atoms with Gasteiger partial charge in [0.05, 0.1) is 0 Å². The fraction of sp³-hybridized carbons (Fsp3) is 0.500. The highest BCUT2D eigenvalue weighted by atomic mass is 32.2. The molecule has 1 aliphatic carbocycles. The van der Waals surface area contributed by atoms with Gasteiger partial charge in [0.25, 0.3) is 11.8 Å². The molecule has 5 rings (SSSR count). The van der Waals surface area contributed by atoms with Crippen molar-refractivity contribution in [3.63, 3.8) is 0 Å². The molecule has 0 aromatic carbocycles. The van der Waals surface area contributed by atoms with Crippen LogP contribution in [0.3, 0.4) is 0 Å². The van der Waals surface area contributed by atoms with Gasteiger partial charge >= 0.3 is 5.97 Å².